The van der Waals surface area contributed by atoms with E-state index in [-0.39, 0.29) is 5.91 Å². The van der Waals surface area contributed by atoms with Crippen molar-refractivity contribution in [1.82, 2.24) is 20.0 Å². The molecule has 0 unspecified atom stereocenters. The first-order chi connectivity index (χ1) is 13.1. The highest BCUT2D eigenvalue weighted by Gasteiger charge is 2.20. The summed E-state index contributed by atoms with van der Waals surface area (Å²) in [7, 11) is 5.48. The summed E-state index contributed by atoms with van der Waals surface area (Å²) in [6.07, 6.45) is 3.61. The molecule has 27 heavy (non-hydrogen) atoms. The van der Waals surface area contributed by atoms with E-state index in [0.717, 1.165) is 42.2 Å². The van der Waals surface area contributed by atoms with Crippen molar-refractivity contribution in [2.45, 2.75) is 38.1 Å². The van der Waals surface area contributed by atoms with E-state index in [1.165, 1.54) is 12.8 Å². The maximum atomic E-state index is 12.5. The number of nitrogens with one attached hydrogen (secondary N) is 1. The third-order valence-electron chi connectivity index (χ3n) is 5.32. The number of methoxy groups -OCH3 is 1. The van der Waals surface area contributed by atoms with Crippen molar-refractivity contribution in [3.8, 4) is 5.75 Å². The van der Waals surface area contributed by atoms with Crippen molar-refractivity contribution < 1.29 is 9.53 Å². The highest BCUT2D eigenvalue weighted by Crippen LogP contribution is 2.23. The smallest absolute Gasteiger partial charge is 0.222 e. The van der Waals surface area contributed by atoms with E-state index in [9.17, 15) is 4.79 Å². The summed E-state index contributed by atoms with van der Waals surface area (Å²) in [6, 6.07) is 10.0. The van der Waals surface area contributed by atoms with Crippen LogP contribution in [0, 0.1) is 0 Å². The standard InChI is InChI=1S/C21H30N4O2/c1-24(21(26)11-8-16-6-9-19(27-3)10-7-16)15-18-13-20(23-25(18)2)17-5-4-12-22-14-17/h6-7,9-10,13,17,22H,4-5,8,11-12,14-15H2,1-3H3/t17-/m1/s1. The van der Waals surface area contributed by atoms with Crippen LogP contribution in [-0.4, -0.2) is 47.8 Å². The van der Waals surface area contributed by atoms with Crippen LogP contribution in [0.1, 0.15) is 42.1 Å². The summed E-state index contributed by atoms with van der Waals surface area (Å²) in [5.41, 5.74) is 3.36. The number of piperidine rings is 1. The predicted octanol–water partition coefficient (Wildman–Crippen LogP) is 2.49. The zero-order chi connectivity index (χ0) is 19.2. The van der Waals surface area contributed by atoms with Crippen LogP contribution in [0.3, 0.4) is 0 Å². The van der Waals surface area contributed by atoms with Gasteiger partial charge in [-0.15, -0.1) is 0 Å². The number of carbonyl (C=O) groups excluding carboxylic acids is 1. The number of rotatable bonds is 7. The van der Waals surface area contributed by atoms with E-state index < -0.39 is 0 Å². The third-order valence-corrected chi connectivity index (χ3v) is 5.32. The van der Waals surface area contributed by atoms with Crippen LogP contribution in [-0.2, 0) is 24.8 Å². The van der Waals surface area contributed by atoms with Crippen molar-refractivity contribution in [3.63, 3.8) is 0 Å². The largest absolute Gasteiger partial charge is 0.497 e. The average molecular weight is 370 g/mol. The van der Waals surface area contributed by atoms with Gasteiger partial charge in [-0.2, -0.15) is 5.10 Å². The molecule has 1 aliphatic heterocycles. The highest BCUT2D eigenvalue weighted by molar-refractivity contribution is 5.76. The van der Waals surface area contributed by atoms with Gasteiger partial charge in [0, 0.05) is 33.0 Å². The van der Waals surface area contributed by atoms with Gasteiger partial charge in [0.1, 0.15) is 5.75 Å². The molecule has 1 aromatic heterocycles. The van der Waals surface area contributed by atoms with Crippen LogP contribution in [0.2, 0.25) is 0 Å². The molecular weight excluding hydrogens is 340 g/mol. The second kappa shape index (κ2) is 9.04. The van der Waals surface area contributed by atoms with Crippen LogP contribution in [0.5, 0.6) is 5.75 Å². The van der Waals surface area contributed by atoms with Crippen molar-refractivity contribution in [2.24, 2.45) is 7.05 Å². The van der Waals surface area contributed by atoms with Gasteiger partial charge in [0.2, 0.25) is 5.91 Å². The molecule has 146 valence electrons. The molecule has 1 atom stereocenters. The molecule has 1 aliphatic rings. The lowest BCUT2D eigenvalue weighted by Crippen LogP contribution is -2.28. The summed E-state index contributed by atoms with van der Waals surface area (Å²) in [5.74, 6) is 1.46. The molecule has 3 rings (SSSR count). The summed E-state index contributed by atoms with van der Waals surface area (Å²) in [6.45, 7) is 2.68. The van der Waals surface area contributed by atoms with Crippen LogP contribution < -0.4 is 10.1 Å². The molecule has 6 nitrogen and oxygen atoms in total. The molecule has 1 N–H and O–H groups in total. The number of amides is 1. The molecule has 1 fully saturated rings. The zero-order valence-electron chi connectivity index (χ0n) is 16.6. The number of ether oxygens (including phenoxy) is 1. The molecule has 0 radical (unpaired) electrons. The summed E-state index contributed by atoms with van der Waals surface area (Å²) < 4.78 is 7.08. The lowest BCUT2D eigenvalue weighted by Gasteiger charge is -2.20. The van der Waals surface area contributed by atoms with E-state index in [4.69, 9.17) is 4.74 Å². The first-order valence-corrected chi connectivity index (χ1v) is 9.67. The van der Waals surface area contributed by atoms with Gasteiger partial charge in [0.05, 0.1) is 25.0 Å². The van der Waals surface area contributed by atoms with E-state index in [1.807, 2.05) is 43.0 Å². The Kier molecular flexibility index (Phi) is 6.50. The van der Waals surface area contributed by atoms with Gasteiger partial charge in [-0.25, -0.2) is 0 Å². The van der Waals surface area contributed by atoms with Crippen LogP contribution in [0.15, 0.2) is 30.3 Å². The first kappa shape index (κ1) is 19.4. The molecular formula is C21H30N4O2. The van der Waals surface area contributed by atoms with Crippen LogP contribution in [0.25, 0.3) is 0 Å². The number of benzene rings is 1. The van der Waals surface area contributed by atoms with Crippen molar-refractivity contribution in [2.75, 3.05) is 27.2 Å². The Labute approximate surface area is 161 Å². The number of hydrogen-bond acceptors (Lipinski definition) is 4. The Bertz CT molecular complexity index is 748. The second-order valence-electron chi connectivity index (χ2n) is 7.33. The minimum Gasteiger partial charge on any atom is -0.497 e. The van der Waals surface area contributed by atoms with E-state index >= 15 is 0 Å². The van der Waals surface area contributed by atoms with E-state index in [2.05, 4.69) is 16.5 Å². The molecule has 2 aromatic rings. The Hall–Kier alpha value is -2.34. The van der Waals surface area contributed by atoms with E-state index in [1.54, 1.807) is 12.0 Å². The molecule has 6 heteroatoms. The van der Waals surface area contributed by atoms with Gasteiger partial charge in [0.25, 0.3) is 0 Å². The van der Waals surface area contributed by atoms with Crippen molar-refractivity contribution >= 4 is 5.91 Å². The maximum absolute atomic E-state index is 12.5. The summed E-state index contributed by atoms with van der Waals surface area (Å²) in [5, 5.41) is 8.12. The van der Waals surface area contributed by atoms with Gasteiger partial charge in [0.15, 0.2) is 0 Å². The fraction of sp³-hybridized carbons (Fsp3) is 0.524. The number of nitrogens with zero attached hydrogens (tertiary/aromatic N) is 3. The number of hydrogen-bond donors (Lipinski definition) is 1. The van der Waals surface area contributed by atoms with Gasteiger partial charge < -0.3 is 15.0 Å². The highest BCUT2D eigenvalue weighted by atomic mass is 16.5. The number of carbonyl (C=O) groups is 1. The topological polar surface area (TPSA) is 59.4 Å². The Morgan fingerprint density at radius 2 is 2.15 bits per heavy atom. The Morgan fingerprint density at radius 1 is 1.37 bits per heavy atom. The number of aryl methyl sites for hydroxylation is 2. The minimum atomic E-state index is 0.146. The minimum absolute atomic E-state index is 0.146. The predicted molar refractivity (Wildman–Crippen MR) is 106 cm³/mol. The fourth-order valence-electron chi connectivity index (χ4n) is 3.55. The third kappa shape index (κ3) is 5.10. The van der Waals surface area contributed by atoms with Crippen LogP contribution >= 0.6 is 0 Å². The second-order valence-corrected chi connectivity index (χ2v) is 7.33. The molecule has 0 saturated carbocycles. The molecule has 0 aliphatic carbocycles. The van der Waals surface area contributed by atoms with Gasteiger partial charge in [-0.1, -0.05) is 12.1 Å². The quantitative estimate of drug-likeness (QED) is 0.813. The summed E-state index contributed by atoms with van der Waals surface area (Å²) in [4.78, 5) is 14.3. The van der Waals surface area contributed by atoms with Gasteiger partial charge >= 0.3 is 0 Å². The number of aromatic nitrogens is 2. The maximum Gasteiger partial charge on any atom is 0.222 e. The molecule has 0 bridgehead atoms. The zero-order valence-corrected chi connectivity index (χ0v) is 16.6. The van der Waals surface area contributed by atoms with Crippen molar-refractivity contribution in [1.29, 1.82) is 0 Å². The molecule has 2 heterocycles. The van der Waals surface area contributed by atoms with Gasteiger partial charge in [-0.05, 0) is 49.6 Å². The lowest BCUT2D eigenvalue weighted by molar-refractivity contribution is -0.130. The average Bonchev–Trinajstić information content (AvgIpc) is 3.07. The Balaban J connectivity index is 1.53. The fourth-order valence-corrected chi connectivity index (χ4v) is 3.55. The normalized spacial score (nSPS) is 16.9. The SMILES string of the molecule is COc1ccc(CCC(=O)N(C)Cc2cc([C@@H]3CCCNC3)nn2C)cc1. The summed E-state index contributed by atoms with van der Waals surface area (Å²) >= 11 is 0. The first-order valence-electron chi connectivity index (χ1n) is 9.67. The Morgan fingerprint density at radius 3 is 2.81 bits per heavy atom. The van der Waals surface area contributed by atoms with Gasteiger partial charge in [-0.3, -0.25) is 9.48 Å². The lowest BCUT2D eigenvalue weighted by atomic mass is 9.96. The van der Waals surface area contributed by atoms with Crippen molar-refractivity contribution in [3.05, 3.63) is 47.3 Å². The monoisotopic (exact) mass is 370 g/mol. The molecule has 1 saturated heterocycles. The van der Waals surface area contributed by atoms with E-state index in [0.29, 0.717) is 18.9 Å². The van der Waals surface area contributed by atoms with Crippen LogP contribution in [0.4, 0.5) is 0 Å². The molecule has 0 spiro atoms. The molecule has 1 amide bonds. The molecule has 1 aromatic carbocycles.